The Bertz CT molecular complexity index is 817. The molecule has 1 aliphatic rings. The lowest BCUT2D eigenvalue weighted by molar-refractivity contribution is 0.343. The monoisotopic (exact) mass is 392 g/mol. The maximum absolute atomic E-state index is 12.6. The first kappa shape index (κ1) is 19.2. The minimum atomic E-state index is -3.41. The number of aryl methyl sites for hydroxylation is 1. The minimum absolute atomic E-state index is 0.278. The molecule has 26 heavy (non-hydrogen) atoms. The fourth-order valence-corrected chi connectivity index (χ4v) is 5.00. The highest BCUT2D eigenvalue weighted by molar-refractivity contribution is 7.99. The van der Waals surface area contributed by atoms with Crippen molar-refractivity contribution in [2.24, 2.45) is 0 Å². The summed E-state index contributed by atoms with van der Waals surface area (Å²) in [6, 6.07) is 11.4. The molecule has 0 amide bonds. The lowest BCUT2D eigenvalue weighted by atomic mass is 10.2. The number of thioether (sulfide) groups is 1. The van der Waals surface area contributed by atoms with Crippen LogP contribution >= 0.6 is 11.8 Å². The Morgan fingerprint density at radius 1 is 1.15 bits per heavy atom. The number of pyridine rings is 1. The van der Waals surface area contributed by atoms with Gasteiger partial charge in [0.25, 0.3) is 0 Å². The van der Waals surface area contributed by atoms with Crippen molar-refractivity contribution >= 4 is 21.8 Å². The van der Waals surface area contributed by atoms with E-state index in [1.54, 1.807) is 28.2 Å². The molecule has 0 spiro atoms. The van der Waals surface area contributed by atoms with Crippen LogP contribution in [0.15, 0.2) is 52.5 Å². The summed E-state index contributed by atoms with van der Waals surface area (Å²) in [5.74, 6) is 1.61. The molecule has 0 atom stereocenters. The SMILES string of the molecule is Cc1cccc(OCCSc2ccc(S(=O)(=O)N3CCCCC3)cn2)c1. The van der Waals surface area contributed by atoms with Gasteiger partial charge in [-0.1, -0.05) is 18.6 Å². The van der Waals surface area contributed by atoms with Gasteiger partial charge >= 0.3 is 0 Å². The van der Waals surface area contributed by atoms with E-state index < -0.39 is 10.0 Å². The zero-order valence-corrected chi connectivity index (χ0v) is 16.6. The quantitative estimate of drug-likeness (QED) is 0.531. The second-order valence-corrected chi connectivity index (χ2v) is 9.36. The number of hydrogen-bond donors (Lipinski definition) is 0. The summed E-state index contributed by atoms with van der Waals surface area (Å²) >= 11 is 1.55. The fraction of sp³-hybridized carbons (Fsp3) is 0.421. The standard InChI is InChI=1S/C19H24N2O3S2/c1-16-6-5-7-17(14-16)24-12-13-25-19-9-8-18(15-20-19)26(22,23)21-10-3-2-4-11-21/h5-9,14-15H,2-4,10-13H2,1H3. The normalized spacial score (nSPS) is 15.7. The van der Waals surface area contributed by atoms with Crippen LogP contribution in [0.3, 0.4) is 0 Å². The highest BCUT2D eigenvalue weighted by atomic mass is 32.2. The highest BCUT2D eigenvalue weighted by Gasteiger charge is 2.26. The van der Waals surface area contributed by atoms with Gasteiger partial charge in [0.15, 0.2) is 0 Å². The van der Waals surface area contributed by atoms with Gasteiger partial charge in [-0.3, -0.25) is 0 Å². The van der Waals surface area contributed by atoms with Gasteiger partial charge in [-0.15, -0.1) is 11.8 Å². The predicted molar refractivity (Wildman–Crippen MR) is 104 cm³/mol. The third-order valence-electron chi connectivity index (χ3n) is 4.25. The van der Waals surface area contributed by atoms with Crippen LogP contribution in [-0.4, -0.2) is 43.2 Å². The molecular formula is C19H24N2O3S2. The van der Waals surface area contributed by atoms with E-state index in [2.05, 4.69) is 4.98 Å². The van der Waals surface area contributed by atoms with Gasteiger partial charge in [0.1, 0.15) is 10.6 Å². The van der Waals surface area contributed by atoms with Crippen molar-refractivity contribution in [2.75, 3.05) is 25.4 Å². The Morgan fingerprint density at radius 3 is 2.65 bits per heavy atom. The van der Waals surface area contributed by atoms with Crippen molar-refractivity contribution in [3.63, 3.8) is 0 Å². The van der Waals surface area contributed by atoms with Gasteiger partial charge in [0.2, 0.25) is 10.0 Å². The fourth-order valence-electron chi connectivity index (χ4n) is 2.87. The number of rotatable bonds is 7. The highest BCUT2D eigenvalue weighted by Crippen LogP contribution is 2.22. The number of aromatic nitrogens is 1. The molecule has 1 fully saturated rings. The van der Waals surface area contributed by atoms with Crippen LogP contribution in [0.2, 0.25) is 0 Å². The van der Waals surface area contributed by atoms with Gasteiger partial charge in [-0.05, 0) is 49.6 Å². The second-order valence-electron chi connectivity index (χ2n) is 6.31. The van der Waals surface area contributed by atoms with Gasteiger partial charge in [0.05, 0.1) is 11.6 Å². The first-order valence-electron chi connectivity index (χ1n) is 8.84. The van der Waals surface area contributed by atoms with Crippen LogP contribution < -0.4 is 4.74 Å². The Balaban J connectivity index is 1.51. The number of benzene rings is 1. The predicted octanol–water partition coefficient (Wildman–Crippen LogP) is 3.74. The minimum Gasteiger partial charge on any atom is -0.493 e. The average Bonchev–Trinajstić information content (AvgIpc) is 2.66. The molecular weight excluding hydrogens is 368 g/mol. The summed E-state index contributed by atoms with van der Waals surface area (Å²) in [5, 5.41) is 0.801. The molecule has 0 radical (unpaired) electrons. The zero-order chi connectivity index (χ0) is 18.4. The zero-order valence-electron chi connectivity index (χ0n) is 14.9. The van der Waals surface area contributed by atoms with Gasteiger partial charge in [0, 0.05) is 25.0 Å². The van der Waals surface area contributed by atoms with E-state index in [9.17, 15) is 8.42 Å². The van der Waals surface area contributed by atoms with E-state index in [1.165, 1.54) is 11.8 Å². The van der Waals surface area contributed by atoms with Crippen LogP contribution in [0.4, 0.5) is 0 Å². The van der Waals surface area contributed by atoms with Gasteiger partial charge in [-0.2, -0.15) is 4.31 Å². The Hall–Kier alpha value is -1.57. The molecule has 1 aliphatic heterocycles. The lowest BCUT2D eigenvalue weighted by Gasteiger charge is -2.25. The molecule has 2 heterocycles. The van der Waals surface area contributed by atoms with Crippen LogP contribution in [0.1, 0.15) is 24.8 Å². The molecule has 140 valence electrons. The maximum atomic E-state index is 12.6. The summed E-state index contributed by atoms with van der Waals surface area (Å²) in [6.45, 7) is 3.82. The van der Waals surface area contributed by atoms with E-state index in [-0.39, 0.29) is 4.90 Å². The first-order chi connectivity index (χ1) is 12.6. The van der Waals surface area contributed by atoms with Crippen molar-refractivity contribution in [2.45, 2.75) is 36.1 Å². The van der Waals surface area contributed by atoms with Crippen molar-refractivity contribution in [3.8, 4) is 5.75 Å². The average molecular weight is 393 g/mol. The second kappa shape index (κ2) is 8.88. The molecule has 1 aromatic heterocycles. The Labute approximate surface area is 159 Å². The summed E-state index contributed by atoms with van der Waals surface area (Å²) in [6.07, 6.45) is 4.43. The largest absolute Gasteiger partial charge is 0.493 e. The van der Waals surface area contributed by atoms with Crippen LogP contribution in [0, 0.1) is 6.92 Å². The molecule has 5 nitrogen and oxygen atoms in total. The summed E-state index contributed by atoms with van der Waals surface area (Å²) < 4.78 is 32.5. The molecule has 0 aliphatic carbocycles. The van der Waals surface area contributed by atoms with E-state index >= 15 is 0 Å². The molecule has 1 saturated heterocycles. The summed E-state index contributed by atoms with van der Waals surface area (Å²) in [5.41, 5.74) is 1.17. The molecule has 7 heteroatoms. The van der Waals surface area contributed by atoms with Crippen LogP contribution in [-0.2, 0) is 10.0 Å². The third-order valence-corrected chi connectivity index (χ3v) is 7.04. The topological polar surface area (TPSA) is 59.5 Å². The molecule has 1 aromatic carbocycles. The van der Waals surface area contributed by atoms with E-state index in [0.29, 0.717) is 19.7 Å². The van der Waals surface area contributed by atoms with Crippen LogP contribution in [0.25, 0.3) is 0 Å². The molecule has 0 saturated carbocycles. The van der Waals surface area contributed by atoms with Crippen molar-refractivity contribution in [3.05, 3.63) is 48.2 Å². The maximum Gasteiger partial charge on any atom is 0.244 e. The molecule has 3 rings (SSSR count). The number of piperidine rings is 1. The number of nitrogens with zero attached hydrogens (tertiary/aromatic N) is 2. The van der Waals surface area contributed by atoms with Gasteiger partial charge < -0.3 is 4.74 Å². The van der Waals surface area contributed by atoms with E-state index in [4.69, 9.17) is 4.74 Å². The van der Waals surface area contributed by atoms with Crippen molar-refractivity contribution in [1.82, 2.24) is 9.29 Å². The molecule has 0 unspecified atom stereocenters. The summed E-state index contributed by atoms with van der Waals surface area (Å²) in [7, 11) is -3.41. The summed E-state index contributed by atoms with van der Waals surface area (Å²) in [4.78, 5) is 4.58. The molecule has 0 bridgehead atoms. The first-order valence-corrected chi connectivity index (χ1v) is 11.3. The van der Waals surface area contributed by atoms with E-state index in [0.717, 1.165) is 35.8 Å². The number of sulfonamides is 1. The Kier molecular flexibility index (Phi) is 6.56. The Morgan fingerprint density at radius 2 is 1.96 bits per heavy atom. The number of ether oxygens (including phenoxy) is 1. The van der Waals surface area contributed by atoms with Crippen molar-refractivity contribution < 1.29 is 13.2 Å². The van der Waals surface area contributed by atoms with Crippen molar-refractivity contribution in [1.29, 1.82) is 0 Å². The smallest absolute Gasteiger partial charge is 0.244 e. The lowest BCUT2D eigenvalue weighted by Crippen LogP contribution is -2.35. The molecule has 0 N–H and O–H groups in total. The number of hydrogen-bond acceptors (Lipinski definition) is 5. The van der Waals surface area contributed by atoms with Gasteiger partial charge in [-0.25, -0.2) is 13.4 Å². The van der Waals surface area contributed by atoms with Crippen LogP contribution in [0.5, 0.6) is 5.75 Å². The third kappa shape index (κ3) is 4.99. The molecule has 2 aromatic rings. The van der Waals surface area contributed by atoms with E-state index in [1.807, 2.05) is 31.2 Å².